The Morgan fingerprint density at radius 1 is 1.36 bits per heavy atom. The van der Waals surface area contributed by atoms with Gasteiger partial charge in [-0.25, -0.2) is 9.78 Å². The van der Waals surface area contributed by atoms with Crippen LogP contribution in [-0.2, 0) is 0 Å². The Morgan fingerprint density at radius 3 is 2.86 bits per heavy atom. The fourth-order valence-electron chi connectivity index (χ4n) is 1.08. The van der Waals surface area contributed by atoms with Gasteiger partial charge >= 0.3 is 5.97 Å². The van der Waals surface area contributed by atoms with Crippen molar-refractivity contribution in [2.24, 2.45) is 0 Å². The predicted octanol–water partition coefficient (Wildman–Crippen LogP) is 1.43. The van der Waals surface area contributed by atoms with Gasteiger partial charge in [0.25, 0.3) is 0 Å². The van der Waals surface area contributed by atoms with Crippen LogP contribution in [0.5, 0.6) is 0 Å². The molecule has 0 radical (unpaired) electrons. The van der Waals surface area contributed by atoms with Gasteiger partial charge < -0.3 is 9.52 Å². The number of nitrogens with zero attached hydrogens (tertiary/aromatic N) is 2. The molecule has 70 valence electrons. The molecule has 2 aromatic heterocycles. The van der Waals surface area contributed by atoms with Gasteiger partial charge in [-0.2, -0.15) is 0 Å². The molecule has 2 heterocycles. The maximum absolute atomic E-state index is 10.7. The van der Waals surface area contributed by atoms with E-state index in [9.17, 15) is 4.79 Å². The van der Waals surface area contributed by atoms with Crippen LogP contribution >= 0.6 is 0 Å². The molecule has 0 aliphatic carbocycles. The quantitative estimate of drug-likeness (QED) is 0.775. The van der Waals surface area contributed by atoms with Gasteiger partial charge in [0, 0.05) is 6.20 Å². The summed E-state index contributed by atoms with van der Waals surface area (Å²) >= 11 is 0. The lowest BCUT2D eigenvalue weighted by Crippen LogP contribution is -1.97. The lowest BCUT2D eigenvalue weighted by Gasteiger charge is -1.94. The molecule has 5 heteroatoms. The maximum atomic E-state index is 10.7. The third-order valence-electron chi connectivity index (χ3n) is 1.67. The summed E-state index contributed by atoms with van der Waals surface area (Å²) in [6.45, 7) is 0. The molecule has 0 aliphatic rings. The lowest BCUT2D eigenvalue weighted by molar-refractivity contribution is 0.0663. The minimum absolute atomic E-state index is 0.191. The first-order chi connectivity index (χ1) is 6.79. The maximum Gasteiger partial charge on any atom is 0.374 e. The van der Waals surface area contributed by atoms with Crippen LogP contribution < -0.4 is 0 Å². The number of carboxylic acids is 1. The van der Waals surface area contributed by atoms with E-state index in [1.807, 2.05) is 0 Å². The average Bonchev–Trinajstić information content (AvgIpc) is 2.67. The van der Waals surface area contributed by atoms with Gasteiger partial charge in [-0.05, 0) is 12.1 Å². The highest BCUT2D eigenvalue weighted by Gasteiger charge is 2.17. The van der Waals surface area contributed by atoms with Crippen molar-refractivity contribution < 1.29 is 14.3 Å². The molecule has 0 atom stereocenters. The van der Waals surface area contributed by atoms with E-state index in [1.165, 1.54) is 0 Å². The first-order valence-electron chi connectivity index (χ1n) is 3.87. The molecule has 0 bridgehead atoms. The van der Waals surface area contributed by atoms with Crippen molar-refractivity contribution in [3.05, 3.63) is 36.5 Å². The van der Waals surface area contributed by atoms with Crippen LogP contribution in [0.3, 0.4) is 0 Å². The van der Waals surface area contributed by atoms with Crippen LogP contribution in [-0.4, -0.2) is 21.0 Å². The molecule has 0 unspecified atom stereocenters. The number of carbonyl (C=O) groups is 1. The molecule has 1 N–H and O–H groups in total. The van der Waals surface area contributed by atoms with Crippen molar-refractivity contribution in [3.8, 4) is 11.4 Å². The van der Waals surface area contributed by atoms with Gasteiger partial charge in [-0.15, -0.1) is 0 Å². The fraction of sp³-hybridized carbons (Fsp3) is 0. The number of aromatic carboxylic acids is 1. The number of carboxylic acid groups (broad SMARTS) is 1. The van der Waals surface area contributed by atoms with Crippen molar-refractivity contribution in [2.75, 3.05) is 0 Å². The first kappa shape index (κ1) is 8.43. The molecule has 0 aliphatic heterocycles. The molecular weight excluding hydrogens is 184 g/mol. The Morgan fingerprint density at radius 2 is 2.21 bits per heavy atom. The fourth-order valence-corrected chi connectivity index (χ4v) is 1.08. The second-order valence-electron chi connectivity index (χ2n) is 2.55. The van der Waals surface area contributed by atoms with Gasteiger partial charge in [0.05, 0.1) is 5.69 Å². The number of rotatable bonds is 2. The zero-order chi connectivity index (χ0) is 9.97. The van der Waals surface area contributed by atoms with Gasteiger partial charge in [-0.1, -0.05) is 6.07 Å². The highest BCUT2D eigenvalue weighted by atomic mass is 16.4. The first-order valence-corrected chi connectivity index (χ1v) is 3.87. The standard InChI is InChI=1S/C9H6N2O3/c12-9(13)8-7(11-5-14-8)6-3-1-2-4-10-6/h1-5H,(H,12,13). The minimum Gasteiger partial charge on any atom is -0.475 e. The summed E-state index contributed by atoms with van der Waals surface area (Å²) in [6.07, 6.45) is 2.66. The number of pyridine rings is 1. The Hall–Kier alpha value is -2.17. The van der Waals surface area contributed by atoms with Gasteiger partial charge in [0.1, 0.15) is 5.69 Å². The second-order valence-corrected chi connectivity index (χ2v) is 2.55. The number of hydrogen-bond donors (Lipinski definition) is 1. The van der Waals surface area contributed by atoms with Crippen LogP contribution in [0.25, 0.3) is 11.4 Å². The zero-order valence-corrected chi connectivity index (χ0v) is 7.04. The monoisotopic (exact) mass is 190 g/mol. The third kappa shape index (κ3) is 1.35. The normalized spacial score (nSPS) is 10.0. The van der Waals surface area contributed by atoms with Crippen molar-refractivity contribution in [1.29, 1.82) is 0 Å². The summed E-state index contributed by atoms with van der Waals surface area (Å²) in [7, 11) is 0. The topological polar surface area (TPSA) is 76.2 Å². The Balaban J connectivity index is 2.52. The summed E-state index contributed by atoms with van der Waals surface area (Å²) in [5.74, 6) is -1.34. The summed E-state index contributed by atoms with van der Waals surface area (Å²) in [6, 6.07) is 5.16. The third-order valence-corrected chi connectivity index (χ3v) is 1.67. The lowest BCUT2D eigenvalue weighted by atomic mass is 10.2. The van der Waals surface area contributed by atoms with Gasteiger partial charge in [-0.3, -0.25) is 4.98 Å². The molecule has 0 saturated heterocycles. The number of hydrogen-bond acceptors (Lipinski definition) is 4. The molecular formula is C9H6N2O3. The Kier molecular flexibility index (Phi) is 1.98. The van der Waals surface area contributed by atoms with Crippen LogP contribution in [0.15, 0.2) is 35.2 Å². The SMILES string of the molecule is O=C(O)c1ocnc1-c1ccccn1. The van der Waals surface area contributed by atoms with Crippen molar-refractivity contribution in [1.82, 2.24) is 9.97 Å². The summed E-state index contributed by atoms with van der Waals surface area (Å²) < 4.78 is 4.73. The van der Waals surface area contributed by atoms with Crippen LogP contribution in [0.2, 0.25) is 0 Å². The van der Waals surface area contributed by atoms with Gasteiger partial charge in [0.15, 0.2) is 6.39 Å². The highest BCUT2D eigenvalue weighted by Crippen LogP contribution is 2.18. The largest absolute Gasteiger partial charge is 0.475 e. The van der Waals surface area contributed by atoms with Gasteiger partial charge in [0.2, 0.25) is 5.76 Å². The molecule has 0 amide bonds. The van der Waals surface area contributed by atoms with Crippen molar-refractivity contribution in [2.45, 2.75) is 0 Å². The van der Waals surface area contributed by atoms with Crippen LogP contribution in [0.4, 0.5) is 0 Å². The number of oxazole rings is 1. The Labute approximate surface area is 79.0 Å². The molecule has 0 spiro atoms. The predicted molar refractivity (Wildman–Crippen MR) is 46.7 cm³/mol. The molecule has 0 aromatic carbocycles. The van der Waals surface area contributed by atoms with E-state index in [4.69, 9.17) is 9.52 Å². The van der Waals surface area contributed by atoms with Crippen molar-refractivity contribution >= 4 is 5.97 Å². The summed E-state index contributed by atoms with van der Waals surface area (Å²) in [5, 5.41) is 8.75. The van der Waals surface area contributed by atoms with E-state index in [1.54, 1.807) is 24.4 Å². The number of aromatic nitrogens is 2. The molecule has 0 saturated carbocycles. The van der Waals surface area contributed by atoms with E-state index in [-0.39, 0.29) is 11.5 Å². The van der Waals surface area contributed by atoms with E-state index in [0.29, 0.717) is 5.69 Å². The van der Waals surface area contributed by atoms with Crippen LogP contribution in [0, 0.1) is 0 Å². The second kappa shape index (κ2) is 3.29. The molecule has 2 aromatic rings. The van der Waals surface area contributed by atoms with E-state index < -0.39 is 5.97 Å². The smallest absolute Gasteiger partial charge is 0.374 e. The average molecular weight is 190 g/mol. The van der Waals surface area contributed by atoms with Crippen molar-refractivity contribution in [3.63, 3.8) is 0 Å². The van der Waals surface area contributed by atoms with E-state index in [0.717, 1.165) is 6.39 Å². The minimum atomic E-state index is -1.15. The zero-order valence-electron chi connectivity index (χ0n) is 7.04. The van der Waals surface area contributed by atoms with Crippen LogP contribution in [0.1, 0.15) is 10.6 Å². The van der Waals surface area contributed by atoms with E-state index in [2.05, 4.69) is 9.97 Å². The van der Waals surface area contributed by atoms with E-state index >= 15 is 0 Å². The molecule has 14 heavy (non-hydrogen) atoms. The molecule has 5 nitrogen and oxygen atoms in total. The summed E-state index contributed by atoms with van der Waals surface area (Å²) in [4.78, 5) is 18.5. The molecule has 0 fully saturated rings. The summed E-state index contributed by atoms with van der Waals surface area (Å²) in [5.41, 5.74) is 0.733. The Bertz CT molecular complexity index is 450. The highest BCUT2D eigenvalue weighted by molar-refractivity contribution is 5.90. The molecule has 2 rings (SSSR count).